The molecule has 0 heterocycles. The van der Waals surface area contributed by atoms with Crippen LogP contribution in [0, 0.1) is 0 Å². The van der Waals surface area contributed by atoms with Crippen molar-refractivity contribution in [1.29, 1.82) is 0 Å². The molecule has 1 rings (SSSR count). The van der Waals surface area contributed by atoms with Gasteiger partial charge in [-0.3, -0.25) is 0 Å². The second kappa shape index (κ2) is 9.04. The van der Waals surface area contributed by atoms with E-state index in [1.165, 1.54) is 12.1 Å². The molecule has 0 saturated carbocycles. The lowest BCUT2D eigenvalue weighted by atomic mass is 10.4. The molecular weight excluding hydrogens is 271 g/mol. The second-order valence-corrected chi connectivity index (χ2v) is 4.93. The molecule has 0 fully saturated rings. The van der Waals surface area contributed by atoms with Crippen LogP contribution in [0.2, 0.25) is 0 Å². The largest absolute Gasteiger partial charge is 0.348 e. The van der Waals surface area contributed by atoms with Crippen LogP contribution in [-0.4, -0.2) is 30.8 Å². The van der Waals surface area contributed by atoms with Crippen molar-refractivity contribution in [3.05, 3.63) is 42.2 Å². The van der Waals surface area contributed by atoms with Gasteiger partial charge in [0.25, 0.3) is 0 Å². The van der Waals surface area contributed by atoms with Gasteiger partial charge in [-0.05, 0) is 44.1 Å². The van der Waals surface area contributed by atoms with Crippen LogP contribution in [0.5, 0.6) is 0 Å². The molecule has 0 aromatic heterocycles. The maximum Gasteiger partial charge on any atom is 0.348 e. The standard InChI is InChI=1S/C12H14F3NS.C2H6/c1-16(2)9-8-11(13)12(14,15)17-10-6-4-3-5-7-10;1-2/h3-8H,9H2,1-2H3;1-2H3/b11-8-;. The number of hydrogen-bond acceptors (Lipinski definition) is 2. The first-order valence-corrected chi connectivity index (χ1v) is 6.86. The van der Waals surface area contributed by atoms with E-state index in [2.05, 4.69) is 0 Å². The van der Waals surface area contributed by atoms with Gasteiger partial charge in [0.2, 0.25) is 0 Å². The van der Waals surface area contributed by atoms with Crippen molar-refractivity contribution >= 4 is 11.8 Å². The molecule has 0 aliphatic heterocycles. The third-order valence-corrected chi connectivity index (χ3v) is 2.86. The van der Waals surface area contributed by atoms with E-state index in [0.717, 1.165) is 6.08 Å². The second-order valence-electron chi connectivity index (χ2n) is 3.75. The summed E-state index contributed by atoms with van der Waals surface area (Å²) in [6, 6.07) is 8.05. The number of alkyl halides is 2. The summed E-state index contributed by atoms with van der Waals surface area (Å²) >= 11 is 0.211. The molecule has 1 aromatic rings. The Morgan fingerprint density at radius 2 is 1.74 bits per heavy atom. The van der Waals surface area contributed by atoms with E-state index in [9.17, 15) is 13.2 Å². The van der Waals surface area contributed by atoms with Crippen molar-refractivity contribution < 1.29 is 13.2 Å². The van der Waals surface area contributed by atoms with Crippen molar-refractivity contribution in [1.82, 2.24) is 4.90 Å². The van der Waals surface area contributed by atoms with Gasteiger partial charge in [-0.1, -0.05) is 32.0 Å². The molecule has 108 valence electrons. The zero-order valence-electron chi connectivity index (χ0n) is 11.7. The predicted octanol–water partition coefficient (Wildman–Crippen LogP) is 4.81. The Morgan fingerprint density at radius 3 is 2.21 bits per heavy atom. The summed E-state index contributed by atoms with van der Waals surface area (Å²) in [5, 5.41) is -3.52. The molecule has 0 atom stereocenters. The van der Waals surface area contributed by atoms with Crippen molar-refractivity contribution in [3.63, 3.8) is 0 Å². The molecule has 0 saturated heterocycles. The lowest BCUT2D eigenvalue weighted by Crippen LogP contribution is -2.16. The molecule has 0 spiro atoms. The van der Waals surface area contributed by atoms with E-state index in [-0.39, 0.29) is 18.3 Å². The Hall–Kier alpha value is -0.940. The maximum absolute atomic E-state index is 13.5. The third-order valence-electron chi connectivity index (χ3n) is 1.90. The van der Waals surface area contributed by atoms with Gasteiger partial charge in [0.15, 0.2) is 5.83 Å². The van der Waals surface area contributed by atoms with E-state index in [1.54, 1.807) is 37.2 Å². The Balaban J connectivity index is 0.00000154. The lowest BCUT2D eigenvalue weighted by Gasteiger charge is -2.14. The monoisotopic (exact) mass is 291 g/mol. The Bertz CT molecular complexity index is 378. The van der Waals surface area contributed by atoms with Crippen LogP contribution < -0.4 is 0 Å². The highest BCUT2D eigenvalue weighted by molar-refractivity contribution is 8.00. The molecule has 19 heavy (non-hydrogen) atoms. The van der Waals surface area contributed by atoms with E-state index in [4.69, 9.17) is 0 Å². The van der Waals surface area contributed by atoms with Crippen molar-refractivity contribution in [2.45, 2.75) is 24.0 Å². The first-order chi connectivity index (χ1) is 8.92. The summed E-state index contributed by atoms with van der Waals surface area (Å²) in [5.74, 6) is -1.40. The molecule has 0 bridgehead atoms. The highest BCUT2D eigenvalue weighted by Gasteiger charge is 2.36. The minimum Gasteiger partial charge on any atom is -0.306 e. The van der Waals surface area contributed by atoms with Crippen LogP contribution in [0.4, 0.5) is 13.2 Å². The highest BCUT2D eigenvalue weighted by atomic mass is 32.2. The first kappa shape index (κ1) is 18.1. The van der Waals surface area contributed by atoms with Crippen molar-refractivity contribution in [2.75, 3.05) is 20.6 Å². The topological polar surface area (TPSA) is 3.24 Å². The van der Waals surface area contributed by atoms with Gasteiger partial charge in [-0.2, -0.15) is 8.78 Å². The zero-order chi connectivity index (χ0) is 14.9. The summed E-state index contributed by atoms with van der Waals surface area (Å²) in [6.07, 6.45) is 0.899. The number of benzene rings is 1. The Labute approximate surface area is 117 Å². The number of hydrogen-bond donors (Lipinski definition) is 0. The van der Waals surface area contributed by atoms with Gasteiger partial charge >= 0.3 is 5.25 Å². The maximum atomic E-state index is 13.5. The van der Waals surface area contributed by atoms with Crippen LogP contribution in [0.25, 0.3) is 0 Å². The third kappa shape index (κ3) is 7.28. The molecule has 0 amide bonds. The zero-order valence-corrected chi connectivity index (χ0v) is 12.5. The lowest BCUT2D eigenvalue weighted by molar-refractivity contribution is 0.118. The normalized spacial score (nSPS) is 12.1. The summed E-state index contributed by atoms with van der Waals surface area (Å²) < 4.78 is 40.2. The fourth-order valence-electron chi connectivity index (χ4n) is 1.07. The molecule has 0 radical (unpaired) electrons. The van der Waals surface area contributed by atoms with Gasteiger partial charge in [-0.15, -0.1) is 0 Å². The quantitative estimate of drug-likeness (QED) is 0.716. The number of nitrogens with zero attached hydrogens (tertiary/aromatic N) is 1. The summed E-state index contributed by atoms with van der Waals surface area (Å²) in [4.78, 5) is 1.95. The smallest absolute Gasteiger partial charge is 0.306 e. The molecule has 1 nitrogen and oxygen atoms in total. The van der Waals surface area contributed by atoms with Crippen LogP contribution in [0.15, 0.2) is 47.1 Å². The molecule has 0 aliphatic carbocycles. The van der Waals surface area contributed by atoms with Crippen molar-refractivity contribution in [2.24, 2.45) is 0 Å². The number of likely N-dealkylation sites (N-methyl/N-ethyl adjacent to an activating group) is 1. The van der Waals surface area contributed by atoms with E-state index < -0.39 is 11.1 Å². The average Bonchev–Trinajstić information content (AvgIpc) is 2.38. The van der Waals surface area contributed by atoms with Crippen LogP contribution in [0.1, 0.15) is 13.8 Å². The summed E-state index contributed by atoms with van der Waals surface area (Å²) in [6.45, 7) is 4.15. The molecule has 5 heteroatoms. The number of rotatable bonds is 5. The number of thioether (sulfide) groups is 1. The minimum absolute atomic E-state index is 0.150. The van der Waals surface area contributed by atoms with Crippen molar-refractivity contribution in [3.8, 4) is 0 Å². The first-order valence-electron chi connectivity index (χ1n) is 6.04. The van der Waals surface area contributed by atoms with E-state index >= 15 is 0 Å². The van der Waals surface area contributed by atoms with Gasteiger partial charge in [-0.25, -0.2) is 4.39 Å². The number of halogens is 3. The SMILES string of the molecule is CC.CN(C)C/C=C(\F)C(F)(F)Sc1ccccc1. The summed E-state index contributed by atoms with van der Waals surface area (Å²) in [5.41, 5.74) is 0. The molecule has 1 aromatic carbocycles. The van der Waals surface area contributed by atoms with Gasteiger partial charge in [0.05, 0.1) is 0 Å². The van der Waals surface area contributed by atoms with Crippen LogP contribution in [-0.2, 0) is 0 Å². The summed E-state index contributed by atoms with van der Waals surface area (Å²) in [7, 11) is 3.37. The molecular formula is C14H20F3NS. The highest BCUT2D eigenvalue weighted by Crippen LogP contribution is 2.41. The Kier molecular flexibility index (Phi) is 8.59. The van der Waals surface area contributed by atoms with E-state index in [0.29, 0.717) is 4.90 Å². The van der Waals surface area contributed by atoms with Crippen LogP contribution in [0.3, 0.4) is 0 Å². The van der Waals surface area contributed by atoms with Gasteiger partial charge < -0.3 is 4.90 Å². The Morgan fingerprint density at radius 1 is 1.21 bits per heavy atom. The average molecular weight is 291 g/mol. The van der Waals surface area contributed by atoms with Gasteiger partial charge in [0, 0.05) is 11.4 Å². The molecule has 0 N–H and O–H groups in total. The minimum atomic E-state index is -3.52. The fourth-order valence-corrected chi connectivity index (χ4v) is 1.84. The van der Waals surface area contributed by atoms with Gasteiger partial charge in [0.1, 0.15) is 0 Å². The molecule has 0 unspecified atom stereocenters. The fraction of sp³-hybridized carbons (Fsp3) is 0.429. The van der Waals surface area contributed by atoms with E-state index in [1.807, 2.05) is 13.8 Å². The van der Waals surface area contributed by atoms with Crippen LogP contribution >= 0.6 is 11.8 Å². The predicted molar refractivity (Wildman–Crippen MR) is 76.3 cm³/mol. The molecule has 0 aliphatic rings.